The first-order chi connectivity index (χ1) is 9.61. The number of ether oxygens (including phenoxy) is 2. The minimum absolute atomic E-state index is 0.344. The molecule has 1 aliphatic heterocycles. The van der Waals surface area contributed by atoms with Gasteiger partial charge in [0.15, 0.2) is 11.5 Å². The Morgan fingerprint density at radius 2 is 1.95 bits per heavy atom. The lowest BCUT2D eigenvalue weighted by molar-refractivity contribution is 0.174. The van der Waals surface area contributed by atoms with Gasteiger partial charge >= 0.3 is 0 Å². The van der Waals surface area contributed by atoms with Crippen molar-refractivity contribution in [2.24, 2.45) is 5.41 Å². The van der Waals surface area contributed by atoms with Gasteiger partial charge in [-0.2, -0.15) is 0 Å². The number of unbranched alkanes of at least 4 members (excludes halogenated alkanes) is 2. The molecule has 1 aromatic carbocycles. The van der Waals surface area contributed by atoms with Crippen LogP contribution in [0.3, 0.4) is 0 Å². The number of hydrogen-bond acceptors (Lipinski definition) is 3. The predicted octanol–water partition coefficient (Wildman–Crippen LogP) is 4.11. The molecule has 0 aliphatic carbocycles. The van der Waals surface area contributed by atoms with Crippen LogP contribution in [-0.4, -0.2) is 13.3 Å². The van der Waals surface area contributed by atoms with Crippen molar-refractivity contribution < 1.29 is 9.47 Å². The van der Waals surface area contributed by atoms with E-state index in [0.29, 0.717) is 12.2 Å². The molecule has 3 nitrogen and oxygen atoms in total. The number of benzene rings is 1. The Morgan fingerprint density at radius 3 is 2.75 bits per heavy atom. The average molecular weight is 277 g/mol. The van der Waals surface area contributed by atoms with Gasteiger partial charge in [0.05, 0.1) is 0 Å². The molecule has 1 aliphatic rings. The second-order valence-electron chi connectivity index (χ2n) is 6.41. The fourth-order valence-corrected chi connectivity index (χ4v) is 2.54. The number of hydrogen-bond donors (Lipinski definition) is 1. The first kappa shape index (κ1) is 15.2. The van der Waals surface area contributed by atoms with E-state index in [1.54, 1.807) is 0 Å². The number of nitrogens with one attached hydrogen (secondary N) is 1. The number of rotatable bonds is 8. The molecule has 0 bridgehead atoms. The summed E-state index contributed by atoms with van der Waals surface area (Å²) in [7, 11) is 0. The van der Waals surface area contributed by atoms with Gasteiger partial charge in [-0.05, 0) is 29.5 Å². The molecule has 0 aromatic heterocycles. The molecule has 20 heavy (non-hydrogen) atoms. The second kappa shape index (κ2) is 6.98. The molecular weight excluding hydrogens is 250 g/mol. The quantitative estimate of drug-likeness (QED) is 0.725. The van der Waals surface area contributed by atoms with Crippen LogP contribution in [0.1, 0.15) is 52.0 Å². The SMILES string of the molecule is CCCCCC(C)(C)CNCc1ccc2c(c1)OCO2. The molecule has 0 saturated heterocycles. The van der Waals surface area contributed by atoms with Crippen LogP contribution in [0.2, 0.25) is 0 Å². The summed E-state index contributed by atoms with van der Waals surface area (Å²) in [6, 6.07) is 6.16. The van der Waals surface area contributed by atoms with Crippen molar-refractivity contribution in [1.82, 2.24) is 5.32 Å². The van der Waals surface area contributed by atoms with E-state index in [0.717, 1.165) is 24.6 Å². The lowest BCUT2D eigenvalue weighted by atomic mass is 9.87. The highest BCUT2D eigenvalue weighted by Gasteiger charge is 2.17. The summed E-state index contributed by atoms with van der Waals surface area (Å²) in [6.07, 6.45) is 5.25. The molecule has 0 spiro atoms. The lowest BCUT2D eigenvalue weighted by Crippen LogP contribution is -2.29. The highest BCUT2D eigenvalue weighted by Crippen LogP contribution is 2.32. The van der Waals surface area contributed by atoms with Crippen LogP contribution in [-0.2, 0) is 6.54 Å². The topological polar surface area (TPSA) is 30.5 Å². The standard InChI is InChI=1S/C17H27NO2/c1-4-5-6-9-17(2,3)12-18-11-14-7-8-15-16(10-14)20-13-19-15/h7-8,10,18H,4-6,9,11-13H2,1-3H3. The Labute approximate surface area is 122 Å². The average Bonchev–Trinajstić information content (AvgIpc) is 2.86. The summed E-state index contributed by atoms with van der Waals surface area (Å²) >= 11 is 0. The van der Waals surface area contributed by atoms with Gasteiger partial charge in [0.25, 0.3) is 0 Å². The van der Waals surface area contributed by atoms with E-state index in [4.69, 9.17) is 9.47 Å². The van der Waals surface area contributed by atoms with Crippen LogP contribution in [0.25, 0.3) is 0 Å². The summed E-state index contributed by atoms with van der Waals surface area (Å²) < 4.78 is 10.7. The van der Waals surface area contributed by atoms with Gasteiger partial charge in [-0.1, -0.05) is 46.1 Å². The van der Waals surface area contributed by atoms with E-state index in [1.807, 2.05) is 6.07 Å². The molecule has 0 amide bonds. The Bertz CT molecular complexity index is 429. The van der Waals surface area contributed by atoms with E-state index in [1.165, 1.54) is 31.2 Å². The maximum absolute atomic E-state index is 5.40. The third-order valence-electron chi connectivity index (χ3n) is 3.83. The van der Waals surface area contributed by atoms with Crippen molar-refractivity contribution in [3.05, 3.63) is 23.8 Å². The smallest absolute Gasteiger partial charge is 0.231 e. The fourth-order valence-electron chi connectivity index (χ4n) is 2.54. The summed E-state index contributed by atoms with van der Waals surface area (Å²) in [6.45, 7) is 9.21. The Balaban J connectivity index is 1.75. The van der Waals surface area contributed by atoms with Crippen LogP contribution >= 0.6 is 0 Å². The van der Waals surface area contributed by atoms with Crippen LogP contribution in [0, 0.1) is 5.41 Å². The third kappa shape index (κ3) is 4.41. The van der Waals surface area contributed by atoms with Gasteiger partial charge in [0.1, 0.15) is 0 Å². The van der Waals surface area contributed by atoms with Gasteiger partial charge in [-0.25, -0.2) is 0 Å². The van der Waals surface area contributed by atoms with Crippen molar-refractivity contribution in [1.29, 1.82) is 0 Å². The minimum Gasteiger partial charge on any atom is -0.454 e. The van der Waals surface area contributed by atoms with Crippen molar-refractivity contribution in [3.8, 4) is 11.5 Å². The fraction of sp³-hybridized carbons (Fsp3) is 0.647. The molecule has 0 atom stereocenters. The van der Waals surface area contributed by atoms with Gasteiger partial charge < -0.3 is 14.8 Å². The van der Waals surface area contributed by atoms with E-state index >= 15 is 0 Å². The predicted molar refractivity (Wildman–Crippen MR) is 82.2 cm³/mol. The molecule has 0 unspecified atom stereocenters. The molecule has 1 aromatic rings. The Hall–Kier alpha value is -1.22. The van der Waals surface area contributed by atoms with Gasteiger partial charge in [0.2, 0.25) is 6.79 Å². The van der Waals surface area contributed by atoms with Crippen molar-refractivity contribution in [2.75, 3.05) is 13.3 Å². The second-order valence-corrected chi connectivity index (χ2v) is 6.41. The maximum Gasteiger partial charge on any atom is 0.231 e. The minimum atomic E-state index is 0.344. The van der Waals surface area contributed by atoms with E-state index in [2.05, 4.69) is 38.2 Å². The van der Waals surface area contributed by atoms with Crippen molar-refractivity contribution in [3.63, 3.8) is 0 Å². The summed E-state index contributed by atoms with van der Waals surface area (Å²) in [5, 5.41) is 3.56. The monoisotopic (exact) mass is 277 g/mol. The maximum atomic E-state index is 5.40. The first-order valence-corrected chi connectivity index (χ1v) is 7.70. The van der Waals surface area contributed by atoms with Crippen LogP contribution < -0.4 is 14.8 Å². The summed E-state index contributed by atoms with van der Waals surface area (Å²) in [4.78, 5) is 0. The van der Waals surface area contributed by atoms with Crippen LogP contribution in [0.5, 0.6) is 11.5 Å². The van der Waals surface area contributed by atoms with Gasteiger partial charge in [-0.3, -0.25) is 0 Å². The molecule has 0 radical (unpaired) electrons. The molecule has 3 heteroatoms. The molecule has 112 valence electrons. The molecule has 0 saturated carbocycles. The van der Waals surface area contributed by atoms with E-state index < -0.39 is 0 Å². The first-order valence-electron chi connectivity index (χ1n) is 7.70. The van der Waals surface area contributed by atoms with Gasteiger partial charge in [-0.15, -0.1) is 0 Å². The normalized spacial score (nSPS) is 13.8. The lowest BCUT2D eigenvalue weighted by Gasteiger charge is -2.25. The molecular formula is C17H27NO2. The zero-order valence-corrected chi connectivity index (χ0v) is 13.0. The van der Waals surface area contributed by atoms with E-state index in [-0.39, 0.29) is 0 Å². The Morgan fingerprint density at radius 1 is 1.15 bits per heavy atom. The third-order valence-corrected chi connectivity index (χ3v) is 3.83. The van der Waals surface area contributed by atoms with E-state index in [9.17, 15) is 0 Å². The highest BCUT2D eigenvalue weighted by molar-refractivity contribution is 5.44. The molecule has 2 rings (SSSR count). The zero-order valence-electron chi connectivity index (χ0n) is 13.0. The molecule has 0 fully saturated rings. The van der Waals surface area contributed by atoms with Crippen LogP contribution in [0.4, 0.5) is 0 Å². The van der Waals surface area contributed by atoms with Gasteiger partial charge in [0, 0.05) is 13.1 Å². The zero-order chi connectivity index (χ0) is 14.4. The van der Waals surface area contributed by atoms with Crippen molar-refractivity contribution >= 4 is 0 Å². The molecule has 1 N–H and O–H groups in total. The molecule has 1 heterocycles. The largest absolute Gasteiger partial charge is 0.454 e. The van der Waals surface area contributed by atoms with Crippen molar-refractivity contribution in [2.45, 2.75) is 53.0 Å². The summed E-state index contributed by atoms with van der Waals surface area (Å²) in [5.41, 5.74) is 1.62. The highest BCUT2D eigenvalue weighted by atomic mass is 16.7. The summed E-state index contributed by atoms with van der Waals surface area (Å²) in [5.74, 6) is 1.72. The van der Waals surface area contributed by atoms with Crippen LogP contribution in [0.15, 0.2) is 18.2 Å². The number of fused-ring (bicyclic) bond motifs is 1. The Kier molecular flexibility index (Phi) is 5.30.